The number of halogens is 1. The molecule has 3 N–H and O–H groups in total. The summed E-state index contributed by atoms with van der Waals surface area (Å²) in [6.45, 7) is 4.90. The highest BCUT2D eigenvalue weighted by Crippen LogP contribution is 2.30. The van der Waals surface area contributed by atoms with Gasteiger partial charge in [-0.05, 0) is 24.6 Å². The number of nitrogens with two attached hydrogens (primary N) is 1. The zero-order valence-corrected chi connectivity index (χ0v) is 16.4. The van der Waals surface area contributed by atoms with E-state index in [0.29, 0.717) is 43.4 Å². The van der Waals surface area contributed by atoms with Gasteiger partial charge in [0.1, 0.15) is 17.8 Å². The lowest BCUT2D eigenvalue weighted by molar-refractivity contribution is 0.596. The number of aromatic nitrogens is 2. The van der Waals surface area contributed by atoms with Crippen LogP contribution in [0.1, 0.15) is 18.5 Å². The lowest BCUT2D eigenvalue weighted by Crippen LogP contribution is -2.47. The number of benzene rings is 2. The molecule has 0 radical (unpaired) electrons. The first-order chi connectivity index (χ1) is 14.1. The Morgan fingerprint density at radius 3 is 2.31 bits per heavy atom. The van der Waals surface area contributed by atoms with Gasteiger partial charge in [0.15, 0.2) is 11.6 Å². The van der Waals surface area contributed by atoms with E-state index in [1.54, 1.807) is 6.07 Å². The van der Waals surface area contributed by atoms with Gasteiger partial charge in [0.25, 0.3) is 0 Å². The van der Waals surface area contributed by atoms with E-state index in [9.17, 15) is 4.39 Å². The quantitative estimate of drug-likeness (QED) is 0.690. The summed E-state index contributed by atoms with van der Waals surface area (Å²) < 4.78 is 14.1. The largest absolute Gasteiger partial charge is 0.393 e. The van der Waals surface area contributed by atoms with Crippen LogP contribution in [0.25, 0.3) is 0 Å². The molecule has 2 heterocycles. The van der Waals surface area contributed by atoms with Crippen molar-refractivity contribution in [3.05, 3.63) is 72.3 Å². The van der Waals surface area contributed by atoms with Gasteiger partial charge in [-0.3, -0.25) is 0 Å². The van der Waals surface area contributed by atoms with E-state index in [1.807, 2.05) is 30.3 Å². The fourth-order valence-corrected chi connectivity index (χ4v) is 3.65. The lowest BCUT2D eigenvalue weighted by atomic mass is 10.1. The number of nitrogen functional groups attached to an aromatic ring is 1. The molecule has 3 aromatic rings. The Morgan fingerprint density at radius 1 is 0.931 bits per heavy atom. The van der Waals surface area contributed by atoms with Crippen molar-refractivity contribution in [2.24, 2.45) is 0 Å². The van der Waals surface area contributed by atoms with Crippen molar-refractivity contribution in [3.63, 3.8) is 0 Å². The molecule has 2 aromatic carbocycles. The molecule has 1 unspecified atom stereocenters. The highest BCUT2D eigenvalue weighted by Gasteiger charge is 2.23. The Balaban J connectivity index is 1.46. The van der Waals surface area contributed by atoms with Gasteiger partial charge in [-0.2, -0.15) is 0 Å². The number of rotatable bonds is 5. The maximum atomic E-state index is 14.1. The van der Waals surface area contributed by atoms with E-state index in [1.165, 1.54) is 12.4 Å². The number of nitrogens with zero attached hydrogens (tertiary/aromatic N) is 4. The molecule has 1 aromatic heterocycles. The standard InChI is InChI=1S/C22H25FN6/c1-16(17-7-3-2-4-8-17)27-21-20(24)22(26-15-25-21)29-13-11-28(12-14-29)19-10-6-5-9-18(19)23/h2-10,15-16H,11-14,24H2,1H3,(H,25,26,27). The summed E-state index contributed by atoms with van der Waals surface area (Å²) in [4.78, 5) is 12.9. The maximum Gasteiger partial charge on any atom is 0.157 e. The smallest absolute Gasteiger partial charge is 0.157 e. The molecule has 1 atom stereocenters. The lowest BCUT2D eigenvalue weighted by Gasteiger charge is -2.37. The highest BCUT2D eigenvalue weighted by atomic mass is 19.1. The Kier molecular flexibility index (Phi) is 5.46. The van der Waals surface area contributed by atoms with Gasteiger partial charge in [-0.1, -0.05) is 42.5 Å². The fourth-order valence-electron chi connectivity index (χ4n) is 3.65. The molecular weight excluding hydrogens is 367 g/mol. The third-order valence-electron chi connectivity index (χ3n) is 5.29. The minimum absolute atomic E-state index is 0.0687. The molecule has 0 amide bonds. The molecule has 4 rings (SSSR count). The van der Waals surface area contributed by atoms with Crippen LogP contribution >= 0.6 is 0 Å². The zero-order chi connectivity index (χ0) is 20.2. The molecule has 7 heteroatoms. The molecule has 150 valence electrons. The van der Waals surface area contributed by atoms with E-state index in [2.05, 4.69) is 44.1 Å². The number of hydrogen-bond acceptors (Lipinski definition) is 6. The second-order valence-electron chi connectivity index (χ2n) is 7.16. The number of hydrogen-bond donors (Lipinski definition) is 2. The van der Waals surface area contributed by atoms with Crippen molar-refractivity contribution in [3.8, 4) is 0 Å². The van der Waals surface area contributed by atoms with E-state index < -0.39 is 0 Å². The molecule has 6 nitrogen and oxygen atoms in total. The predicted molar refractivity (Wildman–Crippen MR) is 116 cm³/mol. The summed E-state index contributed by atoms with van der Waals surface area (Å²) in [5, 5.41) is 3.39. The number of anilines is 4. The average Bonchev–Trinajstić information content (AvgIpc) is 2.76. The molecule has 1 saturated heterocycles. The zero-order valence-electron chi connectivity index (χ0n) is 16.4. The predicted octanol–water partition coefficient (Wildman–Crippen LogP) is 3.70. The monoisotopic (exact) mass is 392 g/mol. The normalized spacial score (nSPS) is 15.2. The van der Waals surface area contributed by atoms with Crippen molar-refractivity contribution in [1.82, 2.24) is 9.97 Å². The Labute approximate surface area is 170 Å². The highest BCUT2D eigenvalue weighted by molar-refractivity contribution is 5.75. The van der Waals surface area contributed by atoms with Crippen molar-refractivity contribution in [2.75, 3.05) is 47.0 Å². The minimum Gasteiger partial charge on any atom is -0.393 e. The van der Waals surface area contributed by atoms with Crippen LogP contribution in [0.3, 0.4) is 0 Å². The summed E-state index contributed by atoms with van der Waals surface area (Å²) in [5.74, 6) is 1.16. The van der Waals surface area contributed by atoms with Crippen LogP contribution in [0.2, 0.25) is 0 Å². The van der Waals surface area contributed by atoms with Gasteiger partial charge < -0.3 is 20.9 Å². The van der Waals surface area contributed by atoms with Crippen LogP contribution in [-0.4, -0.2) is 36.1 Å². The van der Waals surface area contributed by atoms with E-state index >= 15 is 0 Å². The van der Waals surface area contributed by atoms with Crippen molar-refractivity contribution < 1.29 is 4.39 Å². The topological polar surface area (TPSA) is 70.3 Å². The van der Waals surface area contributed by atoms with E-state index in [-0.39, 0.29) is 11.9 Å². The number of piperazine rings is 1. The van der Waals surface area contributed by atoms with Gasteiger partial charge in [0.2, 0.25) is 0 Å². The maximum absolute atomic E-state index is 14.1. The van der Waals surface area contributed by atoms with Gasteiger partial charge in [-0.25, -0.2) is 14.4 Å². The second-order valence-corrected chi connectivity index (χ2v) is 7.16. The SMILES string of the molecule is CC(Nc1ncnc(N2CCN(c3ccccc3F)CC2)c1N)c1ccccc1. The summed E-state index contributed by atoms with van der Waals surface area (Å²) in [6, 6.07) is 17.1. The van der Waals surface area contributed by atoms with Gasteiger partial charge in [0.05, 0.1) is 11.7 Å². The summed E-state index contributed by atoms with van der Waals surface area (Å²) in [6.07, 6.45) is 1.54. The molecule has 0 bridgehead atoms. The molecule has 1 aliphatic heterocycles. The van der Waals surface area contributed by atoms with Gasteiger partial charge in [0, 0.05) is 26.2 Å². The van der Waals surface area contributed by atoms with Crippen LogP contribution in [0.4, 0.5) is 27.4 Å². The molecule has 29 heavy (non-hydrogen) atoms. The van der Waals surface area contributed by atoms with Crippen molar-refractivity contribution in [2.45, 2.75) is 13.0 Å². The number of nitrogens with one attached hydrogen (secondary N) is 1. The fraction of sp³-hybridized carbons (Fsp3) is 0.273. The first-order valence-electron chi connectivity index (χ1n) is 9.80. The summed E-state index contributed by atoms with van der Waals surface area (Å²) >= 11 is 0. The first-order valence-corrected chi connectivity index (χ1v) is 9.80. The van der Waals surface area contributed by atoms with Crippen molar-refractivity contribution >= 4 is 23.0 Å². The van der Waals surface area contributed by atoms with Crippen molar-refractivity contribution in [1.29, 1.82) is 0 Å². The van der Waals surface area contributed by atoms with E-state index in [4.69, 9.17) is 5.73 Å². The molecule has 0 saturated carbocycles. The summed E-state index contributed by atoms with van der Waals surface area (Å²) in [7, 11) is 0. The van der Waals surface area contributed by atoms with Crippen LogP contribution in [0.15, 0.2) is 60.9 Å². The Bertz CT molecular complexity index is 957. The Morgan fingerprint density at radius 2 is 1.59 bits per heavy atom. The van der Waals surface area contributed by atoms with E-state index in [0.717, 1.165) is 11.4 Å². The van der Waals surface area contributed by atoms with Gasteiger partial charge in [-0.15, -0.1) is 0 Å². The third-order valence-corrected chi connectivity index (χ3v) is 5.29. The molecule has 0 spiro atoms. The molecule has 1 fully saturated rings. The molecule has 0 aliphatic carbocycles. The van der Waals surface area contributed by atoms with Crippen LogP contribution in [0, 0.1) is 5.82 Å². The summed E-state index contributed by atoms with van der Waals surface area (Å²) in [5.41, 5.74) is 8.74. The average molecular weight is 392 g/mol. The minimum atomic E-state index is -0.191. The van der Waals surface area contributed by atoms with Crippen LogP contribution < -0.4 is 20.9 Å². The molecular formula is C22H25FN6. The number of para-hydroxylation sites is 1. The first kappa shape index (κ1) is 19.0. The van der Waals surface area contributed by atoms with Gasteiger partial charge >= 0.3 is 0 Å². The Hall–Kier alpha value is -3.35. The molecule has 1 aliphatic rings. The van der Waals surface area contributed by atoms with Crippen LogP contribution in [-0.2, 0) is 0 Å². The third kappa shape index (κ3) is 4.08. The second kappa shape index (κ2) is 8.34. The van der Waals surface area contributed by atoms with Crippen LogP contribution in [0.5, 0.6) is 0 Å².